The van der Waals surface area contributed by atoms with Crippen molar-refractivity contribution in [2.45, 2.75) is 19.4 Å². The number of hydrogen-bond acceptors (Lipinski definition) is 5. The summed E-state index contributed by atoms with van der Waals surface area (Å²) in [6, 6.07) is 6.15. The second kappa shape index (κ2) is 6.09. The monoisotopic (exact) mass is 293 g/mol. The molecule has 2 rings (SSSR count). The Hall–Kier alpha value is -1.82. The molecule has 1 atom stereocenters. The Kier molecular flexibility index (Phi) is 4.44. The van der Waals surface area contributed by atoms with Crippen molar-refractivity contribution in [3.8, 4) is 0 Å². The maximum absolute atomic E-state index is 12.2. The van der Waals surface area contributed by atoms with Crippen molar-refractivity contribution < 1.29 is 19.1 Å². The third kappa shape index (κ3) is 2.70. The minimum absolute atomic E-state index is 0.00598. The van der Waals surface area contributed by atoms with E-state index in [1.54, 1.807) is 31.2 Å². The molecule has 0 aromatic heterocycles. The highest BCUT2D eigenvalue weighted by atomic mass is 32.2. The Morgan fingerprint density at radius 1 is 1.25 bits per heavy atom. The lowest BCUT2D eigenvalue weighted by Crippen LogP contribution is -2.39. The molecule has 1 aromatic carbocycles. The van der Waals surface area contributed by atoms with E-state index in [1.165, 1.54) is 11.8 Å². The second-order valence-electron chi connectivity index (χ2n) is 4.50. The average Bonchev–Trinajstić information content (AvgIpc) is 2.69. The van der Waals surface area contributed by atoms with E-state index in [9.17, 15) is 14.4 Å². The van der Waals surface area contributed by atoms with Crippen LogP contribution >= 0.6 is 11.8 Å². The molecule has 1 aromatic rings. The maximum atomic E-state index is 12.2. The average molecular weight is 293 g/mol. The number of hydrogen-bond donors (Lipinski definition) is 0. The topological polar surface area (TPSA) is 63.7 Å². The van der Waals surface area contributed by atoms with Crippen LogP contribution in [0.3, 0.4) is 0 Å². The SMILES string of the molecule is CSCOC(=O)CC(C)N1C(=O)c2ccccc2C1=O. The number of fused-ring (bicyclic) bond motifs is 1. The quantitative estimate of drug-likeness (QED) is 0.471. The molecule has 1 unspecified atom stereocenters. The van der Waals surface area contributed by atoms with Gasteiger partial charge < -0.3 is 4.74 Å². The van der Waals surface area contributed by atoms with Crippen LogP contribution in [0.1, 0.15) is 34.1 Å². The van der Waals surface area contributed by atoms with E-state index in [2.05, 4.69) is 0 Å². The van der Waals surface area contributed by atoms with Gasteiger partial charge in [-0.05, 0) is 25.3 Å². The van der Waals surface area contributed by atoms with Crippen LogP contribution in [-0.2, 0) is 9.53 Å². The number of amides is 2. The zero-order valence-electron chi connectivity index (χ0n) is 11.3. The lowest BCUT2D eigenvalue weighted by molar-refractivity contribution is -0.142. The summed E-state index contributed by atoms with van der Waals surface area (Å²) in [6.07, 6.45) is 1.83. The first-order valence-electron chi connectivity index (χ1n) is 6.17. The van der Waals surface area contributed by atoms with Gasteiger partial charge in [0.2, 0.25) is 0 Å². The van der Waals surface area contributed by atoms with Gasteiger partial charge in [0.05, 0.1) is 17.5 Å². The fourth-order valence-electron chi connectivity index (χ4n) is 2.12. The zero-order valence-corrected chi connectivity index (χ0v) is 12.1. The van der Waals surface area contributed by atoms with E-state index >= 15 is 0 Å². The normalized spacial score (nSPS) is 15.2. The third-order valence-corrected chi connectivity index (χ3v) is 3.42. The van der Waals surface area contributed by atoms with Crippen LogP contribution in [0.15, 0.2) is 24.3 Å². The lowest BCUT2D eigenvalue weighted by atomic mass is 10.1. The molecule has 106 valence electrons. The van der Waals surface area contributed by atoms with Gasteiger partial charge in [0.1, 0.15) is 5.94 Å². The van der Waals surface area contributed by atoms with Gasteiger partial charge >= 0.3 is 5.97 Å². The molecular formula is C14H15NO4S. The molecule has 1 aliphatic heterocycles. The fraction of sp³-hybridized carbons (Fsp3) is 0.357. The Bertz CT molecular complexity index is 523. The van der Waals surface area contributed by atoms with E-state index in [4.69, 9.17) is 4.74 Å². The molecule has 0 saturated heterocycles. The molecule has 20 heavy (non-hydrogen) atoms. The van der Waals surface area contributed by atoms with Gasteiger partial charge in [-0.2, -0.15) is 0 Å². The van der Waals surface area contributed by atoms with Crippen LogP contribution in [0.5, 0.6) is 0 Å². The van der Waals surface area contributed by atoms with Gasteiger partial charge in [-0.25, -0.2) is 0 Å². The van der Waals surface area contributed by atoms with E-state index in [0.29, 0.717) is 11.1 Å². The first-order valence-corrected chi connectivity index (χ1v) is 7.57. The summed E-state index contributed by atoms with van der Waals surface area (Å²) in [7, 11) is 0. The Balaban J connectivity index is 2.09. The van der Waals surface area contributed by atoms with Crippen molar-refractivity contribution in [3.63, 3.8) is 0 Å². The molecule has 0 spiro atoms. The summed E-state index contributed by atoms with van der Waals surface area (Å²) in [6.45, 7) is 1.67. The van der Waals surface area contributed by atoms with Gasteiger partial charge in [-0.1, -0.05) is 12.1 Å². The number of imide groups is 1. The van der Waals surface area contributed by atoms with Crippen LogP contribution in [0.25, 0.3) is 0 Å². The highest BCUT2D eigenvalue weighted by Gasteiger charge is 2.38. The summed E-state index contributed by atoms with van der Waals surface area (Å²) < 4.78 is 4.94. The van der Waals surface area contributed by atoms with Crippen LogP contribution in [0.4, 0.5) is 0 Å². The van der Waals surface area contributed by atoms with Gasteiger partial charge in [-0.15, -0.1) is 11.8 Å². The predicted octanol–water partition coefficient (Wildman–Crippen LogP) is 1.92. The van der Waals surface area contributed by atoms with Crippen molar-refractivity contribution in [3.05, 3.63) is 35.4 Å². The van der Waals surface area contributed by atoms with Crippen molar-refractivity contribution in [1.82, 2.24) is 4.90 Å². The highest BCUT2D eigenvalue weighted by Crippen LogP contribution is 2.25. The number of benzene rings is 1. The minimum atomic E-state index is -0.517. The van der Waals surface area contributed by atoms with Crippen LogP contribution in [0.2, 0.25) is 0 Å². The summed E-state index contributed by atoms with van der Waals surface area (Å²) in [5.74, 6) is -0.844. The molecule has 0 fully saturated rings. The molecule has 6 heteroatoms. The number of carbonyl (C=O) groups is 3. The first-order chi connectivity index (χ1) is 9.56. The minimum Gasteiger partial charge on any atom is -0.455 e. The van der Waals surface area contributed by atoms with E-state index in [-0.39, 0.29) is 24.2 Å². The van der Waals surface area contributed by atoms with Gasteiger partial charge in [0.25, 0.3) is 11.8 Å². The van der Waals surface area contributed by atoms with Gasteiger partial charge in [0.15, 0.2) is 0 Å². The largest absolute Gasteiger partial charge is 0.455 e. The molecule has 0 radical (unpaired) electrons. The number of thioether (sulfide) groups is 1. The zero-order chi connectivity index (χ0) is 14.7. The molecule has 1 aliphatic rings. The van der Waals surface area contributed by atoms with Crippen molar-refractivity contribution >= 4 is 29.5 Å². The maximum Gasteiger partial charge on any atom is 0.308 e. The van der Waals surface area contributed by atoms with Crippen molar-refractivity contribution in [2.24, 2.45) is 0 Å². The first kappa shape index (κ1) is 14.6. The number of ether oxygens (including phenoxy) is 1. The van der Waals surface area contributed by atoms with Gasteiger partial charge in [-0.3, -0.25) is 19.3 Å². The fourth-order valence-corrected chi connectivity index (χ4v) is 2.37. The summed E-state index contributed by atoms with van der Waals surface area (Å²) in [5.41, 5.74) is 0.781. The Morgan fingerprint density at radius 3 is 2.30 bits per heavy atom. The van der Waals surface area contributed by atoms with Crippen LogP contribution in [-0.4, -0.2) is 40.9 Å². The predicted molar refractivity (Wildman–Crippen MR) is 75.5 cm³/mol. The smallest absolute Gasteiger partial charge is 0.308 e. The number of nitrogens with zero attached hydrogens (tertiary/aromatic N) is 1. The Morgan fingerprint density at radius 2 is 1.80 bits per heavy atom. The molecule has 0 bridgehead atoms. The van der Waals surface area contributed by atoms with Crippen LogP contribution < -0.4 is 0 Å². The number of rotatable bonds is 5. The lowest BCUT2D eigenvalue weighted by Gasteiger charge is -2.21. The summed E-state index contributed by atoms with van der Waals surface area (Å²) in [4.78, 5) is 37.1. The molecule has 2 amide bonds. The van der Waals surface area contributed by atoms with Crippen LogP contribution in [0, 0.1) is 0 Å². The van der Waals surface area contributed by atoms with Gasteiger partial charge in [0, 0.05) is 6.04 Å². The van der Waals surface area contributed by atoms with E-state index < -0.39 is 12.0 Å². The molecule has 1 heterocycles. The van der Waals surface area contributed by atoms with E-state index in [1.807, 2.05) is 6.26 Å². The highest BCUT2D eigenvalue weighted by molar-refractivity contribution is 7.98. The second-order valence-corrected chi connectivity index (χ2v) is 5.31. The number of carbonyl (C=O) groups excluding carboxylic acids is 3. The molecule has 0 saturated carbocycles. The standard InChI is InChI=1S/C14H15NO4S/c1-9(7-12(16)19-8-20-2)15-13(17)10-5-3-4-6-11(10)14(15)18/h3-6,9H,7-8H2,1-2H3. The third-order valence-electron chi connectivity index (χ3n) is 3.07. The molecular weight excluding hydrogens is 278 g/mol. The van der Waals surface area contributed by atoms with Crippen molar-refractivity contribution in [1.29, 1.82) is 0 Å². The summed E-state index contributed by atoms with van der Waals surface area (Å²) in [5, 5.41) is 0. The summed E-state index contributed by atoms with van der Waals surface area (Å²) >= 11 is 1.39. The molecule has 0 N–H and O–H groups in total. The van der Waals surface area contributed by atoms with Crippen molar-refractivity contribution in [2.75, 3.05) is 12.2 Å². The molecule has 5 nitrogen and oxygen atoms in total. The van der Waals surface area contributed by atoms with E-state index in [0.717, 1.165) is 4.90 Å². The Labute approximate surface area is 121 Å². The number of esters is 1. The molecule has 0 aliphatic carbocycles.